The number of para-hydroxylation sites is 2. The van der Waals surface area contributed by atoms with Gasteiger partial charge < -0.3 is 15.2 Å². The molecule has 1 aromatic rings. The van der Waals surface area contributed by atoms with Crippen molar-refractivity contribution in [3.63, 3.8) is 0 Å². The lowest BCUT2D eigenvalue weighted by molar-refractivity contribution is 0.322. The molecule has 0 saturated heterocycles. The monoisotopic (exact) mass is 205 g/mol. The second-order valence-electron chi connectivity index (χ2n) is 3.57. The van der Waals surface area contributed by atoms with Crippen LogP contribution in [0, 0.1) is 0 Å². The Kier molecular flexibility index (Phi) is 3.25. The molecule has 2 N–H and O–H groups in total. The summed E-state index contributed by atoms with van der Waals surface area (Å²) < 4.78 is 5.53. The van der Waals surface area contributed by atoms with Crippen LogP contribution in [0.5, 0.6) is 11.5 Å². The summed E-state index contributed by atoms with van der Waals surface area (Å²) in [5, 5.41) is 12.7. The maximum atomic E-state index is 9.48. The smallest absolute Gasteiger partial charge is 0.161 e. The van der Waals surface area contributed by atoms with Gasteiger partial charge in [-0.2, -0.15) is 0 Å². The Hall–Kier alpha value is -1.48. The molecule has 15 heavy (non-hydrogen) atoms. The fourth-order valence-corrected chi connectivity index (χ4v) is 1.55. The number of hydrogen-bond donors (Lipinski definition) is 2. The average molecular weight is 205 g/mol. The zero-order valence-corrected chi connectivity index (χ0v) is 8.57. The Balaban J connectivity index is 1.93. The number of phenols is 1. The highest BCUT2D eigenvalue weighted by Gasteiger charge is 2.05. The number of aromatic hydroxyl groups is 1. The van der Waals surface area contributed by atoms with Crippen LogP contribution in [0.25, 0.3) is 0 Å². The van der Waals surface area contributed by atoms with Crippen LogP contribution in [0.15, 0.2) is 35.9 Å². The Morgan fingerprint density at radius 2 is 2.20 bits per heavy atom. The first-order valence-electron chi connectivity index (χ1n) is 5.15. The van der Waals surface area contributed by atoms with Crippen molar-refractivity contribution >= 4 is 0 Å². The van der Waals surface area contributed by atoms with Gasteiger partial charge in [0.15, 0.2) is 11.5 Å². The first-order valence-corrected chi connectivity index (χ1v) is 5.15. The molecule has 0 unspecified atom stereocenters. The van der Waals surface area contributed by atoms with Crippen LogP contribution in [0.3, 0.4) is 0 Å². The topological polar surface area (TPSA) is 41.5 Å². The molecule has 0 atom stereocenters. The summed E-state index contributed by atoms with van der Waals surface area (Å²) in [4.78, 5) is 0. The minimum atomic E-state index is 0.201. The molecular weight excluding hydrogens is 190 g/mol. The highest BCUT2D eigenvalue weighted by atomic mass is 16.5. The van der Waals surface area contributed by atoms with Crippen molar-refractivity contribution in [2.24, 2.45) is 0 Å². The molecule has 1 aliphatic rings. The van der Waals surface area contributed by atoms with Crippen LogP contribution in [0.1, 0.15) is 6.42 Å². The van der Waals surface area contributed by atoms with E-state index in [1.54, 1.807) is 18.2 Å². The molecule has 0 spiro atoms. The third-order valence-corrected chi connectivity index (χ3v) is 2.44. The first-order chi connectivity index (χ1) is 7.36. The van der Waals surface area contributed by atoms with Crippen LogP contribution in [-0.2, 0) is 0 Å². The average Bonchev–Trinajstić information content (AvgIpc) is 2.29. The molecule has 1 heterocycles. The number of hydrogen-bond acceptors (Lipinski definition) is 3. The van der Waals surface area contributed by atoms with E-state index in [9.17, 15) is 5.11 Å². The molecule has 1 aromatic carbocycles. The predicted molar refractivity (Wildman–Crippen MR) is 59.2 cm³/mol. The summed E-state index contributed by atoms with van der Waals surface area (Å²) in [7, 11) is 0. The van der Waals surface area contributed by atoms with Crippen LogP contribution >= 0.6 is 0 Å². The van der Waals surface area contributed by atoms with E-state index < -0.39 is 0 Å². The van der Waals surface area contributed by atoms with E-state index in [-0.39, 0.29) is 5.75 Å². The number of ether oxygens (including phenoxy) is 1. The quantitative estimate of drug-likeness (QED) is 0.738. The summed E-state index contributed by atoms with van der Waals surface area (Å²) in [6, 6.07) is 7.04. The number of nitrogens with one attached hydrogen (secondary N) is 1. The first kappa shape index (κ1) is 10.1. The molecule has 2 rings (SSSR count). The van der Waals surface area contributed by atoms with E-state index in [2.05, 4.69) is 11.4 Å². The summed E-state index contributed by atoms with van der Waals surface area (Å²) in [5.41, 5.74) is 1.29. The highest BCUT2D eigenvalue weighted by Crippen LogP contribution is 2.25. The van der Waals surface area contributed by atoms with E-state index in [1.807, 2.05) is 6.07 Å². The Morgan fingerprint density at radius 3 is 2.93 bits per heavy atom. The lowest BCUT2D eigenvalue weighted by atomic mass is 10.1. The number of rotatable bonds is 3. The van der Waals surface area contributed by atoms with Crippen molar-refractivity contribution in [2.75, 3.05) is 19.7 Å². The fourth-order valence-electron chi connectivity index (χ4n) is 1.55. The van der Waals surface area contributed by atoms with Crippen molar-refractivity contribution in [2.45, 2.75) is 6.42 Å². The lowest BCUT2D eigenvalue weighted by Gasteiger charge is -2.15. The Labute approximate surface area is 89.4 Å². The van der Waals surface area contributed by atoms with E-state index in [0.717, 1.165) is 19.5 Å². The summed E-state index contributed by atoms with van der Waals surface area (Å²) in [6.07, 6.45) is 3.16. The molecular formula is C12H15NO2. The maximum Gasteiger partial charge on any atom is 0.161 e. The van der Waals surface area contributed by atoms with Crippen LogP contribution in [-0.4, -0.2) is 24.8 Å². The molecule has 0 amide bonds. The van der Waals surface area contributed by atoms with Crippen LogP contribution in [0.2, 0.25) is 0 Å². The van der Waals surface area contributed by atoms with Crippen molar-refractivity contribution in [3.05, 3.63) is 35.9 Å². The molecule has 3 nitrogen and oxygen atoms in total. The van der Waals surface area contributed by atoms with Gasteiger partial charge in [0.2, 0.25) is 0 Å². The van der Waals surface area contributed by atoms with Gasteiger partial charge >= 0.3 is 0 Å². The second kappa shape index (κ2) is 4.84. The fraction of sp³-hybridized carbons (Fsp3) is 0.333. The van der Waals surface area contributed by atoms with E-state index in [4.69, 9.17) is 4.74 Å². The van der Waals surface area contributed by atoms with Crippen molar-refractivity contribution in [1.82, 2.24) is 5.32 Å². The van der Waals surface area contributed by atoms with Crippen molar-refractivity contribution in [1.29, 1.82) is 0 Å². The van der Waals surface area contributed by atoms with E-state index in [0.29, 0.717) is 12.4 Å². The summed E-state index contributed by atoms with van der Waals surface area (Å²) in [5.74, 6) is 0.754. The lowest BCUT2D eigenvalue weighted by Crippen LogP contribution is -2.22. The molecule has 1 aliphatic heterocycles. The molecule has 0 saturated carbocycles. The third-order valence-electron chi connectivity index (χ3n) is 2.44. The van der Waals surface area contributed by atoms with Gasteiger partial charge in [0.05, 0.1) is 0 Å². The minimum Gasteiger partial charge on any atom is -0.504 e. The molecule has 0 fully saturated rings. The molecule has 80 valence electrons. The summed E-state index contributed by atoms with van der Waals surface area (Å²) >= 11 is 0. The molecule has 0 aliphatic carbocycles. The maximum absolute atomic E-state index is 9.48. The van der Waals surface area contributed by atoms with Crippen LogP contribution in [0.4, 0.5) is 0 Å². The molecule has 0 aromatic heterocycles. The third kappa shape index (κ3) is 2.73. The van der Waals surface area contributed by atoms with Gasteiger partial charge in [-0.25, -0.2) is 0 Å². The SMILES string of the molecule is Oc1ccccc1OCC1=CCNCC1. The van der Waals surface area contributed by atoms with Gasteiger partial charge in [0.25, 0.3) is 0 Å². The highest BCUT2D eigenvalue weighted by molar-refractivity contribution is 5.38. The Morgan fingerprint density at radius 1 is 1.33 bits per heavy atom. The molecule has 0 bridgehead atoms. The van der Waals surface area contributed by atoms with Gasteiger partial charge in [-0.15, -0.1) is 0 Å². The van der Waals surface area contributed by atoms with Crippen LogP contribution < -0.4 is 10.1 Å². The zero-order chi connectivity index (χ0) is 10.5. The van der Waals surface area contributed by atoms with Gasteiger partial charge in [-0.1, -0.05) is 18.2 Å². The second-order valence-corrected chi connectivity index (χ2v) is 3.57. The largest absolute Gasteiger partial charge is 0.504 e. The predicted octanol–water partition coefficient (Wildman–Crippen LogP) is 1.69. The Bertz CT molecular complexity index is 360. The molecule has 3 heteroatoms. The van der Waals surface area contributed by atoms with Gasteiger partial charge in [0.1, 0.15) is 6.61 Å². The van der Waals surface area contributed by atoms with Gasteiger partial charge in [0, 0.05) is 6.54 Å². The number of phenolic OH excluding ortho intramolecular Hbond substituents is 1. The zero-order valence-electron chi connectivity index (χ0n) is 8.57. The van der Waals surface area contributed by atoms with Gasteiger partial charge in [-0.05, 0) is 30.7 Å². The minimum absolute atomic E-state index is 0.201. The number of benzene rings is 1. The summed E-state index contributed by atoms with van der Waals surface area (Å²) in [6.45, 7) is 2.49. The van der Waals surface area contributed by atoms with Crippen molar-refractivity contribution < 1.29 is 9.84 Å². The molecule has 0 radical (unpaired) electrons. The van der Waals surface area contributed by atoms with E-state index >= 15 is 0 Å². The standard InChI is InChI=1S/C12H15NO2/c14-11-3-1-2-4-12(11)15-9-10-5-7-13-8-6-10/h1-5,13-14H,6-9H2. The van der Waals surface area contributed by atoms with Gasteiger partial charge in [-0.3, -0.25) is 0 Å². The van der Waals surface area contributed by atoms with Crippen molar-refractivity contribution in [3.8, 4) is 11.5 Å². The normalized spacial score (nSPS) is 15.9. The van der Waals surface area contributed by atoms with E-state index in [1.165, 1.54) is 5.57 Å².